The van der Waals surface area contributed by atoms with Crippen LogP contribution in [0.1, 0.15) is 18.3 Å². The topological polar surface area (TPSA) is 77.0 Å². The smallest absolute Gasteiger partial charge is 0.228 e. The fourth-order valence-electron chi connectivity index (χ4n) is 2.01. The van der Waals surface area contributed by atoms with Gasteiger partial charge in [0.15, 0.2) is 0 Å². The Morgan fingerprint density at radius 3 is 2.67 bits per heavy atom. The van der Waals surface area contributed by atoms with Gasteiger partial charge in [0.05, 0.1) is 23.5 Å². The Morgan fingerprint density at radius 1 is 1.38 bits per heavy atom. The molecule has 0 bridgehead atoms. The molecule has 0 aliphatic heterocycles. The van der Waals surface area contributed by atoms with Crippen molar-refractivity contribution < 1.29 is 4.79 Å². The maximum Gasteiger partial charge on any atom is 0.228 e. The van der Waals surface area contributed by atoms with Crippen LogP contribution in [0.3, 0.4) is 0 Å². The second kappa shape index (κ2) is 6.49. The quantitative estimate of drug-likeness (QED) is 0.887. The van der Waals surface area contributed by atoms with Gasteiger partial charge in [-0.15, -0.1) is 5.10 Å². The van der Waals surface area contributed by atoms with E-state index < -0.39 is 0 Å². The molecule has 2 aromatic rings. The summed E-state index contributed by atoms with van der Waals surface area (Å²) in [5, 5.41) is 8.27. The maximum absolute atomic E-state index is 12.2. The number of nitrogens with two attached hydrogens (primary N) is 1. The van der Waals surface area contributed by atoms with Crippen LogP contribution in [0.4, 0.5) is 0 Å². The van der Waals surface area contributed by atoms with Gasteiger partial charge in [-0.2, -0.15) is 0 Å². The van der Waals surface area contributed by atoms with Crippen LogP contribution in [0.15, 0.2) is 30.3 Å². The van der Waals surface area contributed by atoms with Gasteiger partial charge in [-0.3, -0.25) is 4.79 Å². The molecule has 0 saturated heterocycles. The first-order chi connectivity index (χ1) is 10.0. The normalized spacial score (nSPS) is 12.2. The van der Waals surface area contributed by atoms with E-state index in [-0.39, 0.29) is 18.4 Å². The van der Waals surface area contributed by atoms with Crippen LogP contribution in [-0.2, 0) is 11.2 Å². The Balaban J connectivity index is 2.16. The highest BCUT2D eigenvalue weighted by molar-refractivity contribution is 5.78. The van der Waals surface area contributed by atoms with Crippen molar-refractivity contribution in [3.05, 3.63) is 41.7 Å². The van der Waals surface area contributed by atoms with E-state index in [1.54, 1.807) is 16.6 Å². The number of amides is 1. The highest BCUT2D eigenvalue weighted by atomic mass is 16.2. The van der Waals surface area contributed by atoms with Gasteiger partial charge in [0.25, 0.3) is 0 Å². The van der Waals surface area contributed by atoms with Gasteiger partial charge in [0.2, 0.25) is 5.91 Å². The summed E-state index contributed by atoms with van der Waals surface area (Å²) in [5.41, 5.74) is 8.10. The fourth-order valence-corrected chi connectivity index (χ4v) is 2.01. The van der Waals surface area contributed by atoms with Crippen molar-refractivity contribution in [3.63, 3.8) is 0 Å². The number of likely N-dealkylation sites (N-methyl/N-ethyl adjacent to an activating group) is 1. The second-order valence-corrected chi connectivity index (χ2v) is 5.14. The van der Waals surface area contributed by atoms with Crippen LogP contribution >= 0.6 is 0 Å². The first-order valence-electron chi connectivity index (χ1n) is 6.97. The molecule has 0 aliphatic carbocycles. The predicted molar refractivity (Wildman–Crippen MR) is 81.1 cm³/mol. The molecule has 6 nitrogen and oxygen atoms in total. The molecular formula is C15H21N5O. The van der Waals surface area contributed by atoms with Crippen molar-refractivity contribution in [3.8, 4) is 5.69 Å². The van der Waals surface area contributed by atoms with Gasteiger partial charge in [-0.25, -0.2) is 4.68 Å². The van der Waals surface area contributed by atoms with E-state index in [1.165, 1.54) is 0 Å². The molecule has 0 saturated carbocycles. The number of aromatic nitrogens is 3. The summed E-state index contributed by atoms with van der Waals surface area (Å²) in [4.78, 5) is 13.9. The highest BCUT2D eigenvalue weighted by Gasteiger charge is 2.19. The van der Waals surface area contributed by atoms with Gasteiger partial charge in [0, 0.05) is 19.6 Å². The largest absolute Gasteiger partial charge is 0.341 e. The summed E-state index contributed by atoms with van der Waals surface area (Å²) >= 11 is 0. The number of hydrogen-bond acceptors (Lipinski definition) is 4. The van der Waals surface area contributed by atoms with E-state index in [9.17, 15) is 4.79 Å². The van der Waals surface area contributed by atoms with Gasteiger partial charge in [-0.1, -0.05) is 23.4 Å². The zero-order valence-corrected chi connectivity index (χ0v) is 12.7. The number of rotatable bonds is 5. The van der Waals surface area contributed by atoms with Crippen molar-refractivity contribution in [2.45, 2.75) is 26.3 Å². The molecule has 112 valence electrons. The third-order valence-electron chi connectivity index (χ3n) is 3.71. The molecular weight excluding hydrogens is 266 g/mol. The number of nitrogens with zero attached hydrogens (tertiary/aromatic N) is 4. The van der Waals surface area contributed by atoms with Gasteiger partial charge < -0.3 is 10.6 Å². The molecule has 1 aromatic carbocycles. The average molecular weight is 287 g/mol. The molecule has 1 amide bonds. The number of carbonyl (C=O) groups is 1. The lowest BCUT2D eigenvalue weighted by atomic mass is 10.2. The Hall–Kier alpha value is -2.21. The number of hydrogen-bond donors (Lipinski definition) is 1. The lowest BCUT2D eigenvalue weighted by Gasteiger charge is -2.23. The van der Waals surface area contributed by atoms with Crippen LogP contribution in [0.25, 0.3) is 5.69 Å². The zero-order valence-electron chi connectivity index (χ0n) is 12.7. The second-order valence-electron chi connectivity index (χ2n) is 5.14. The molecule has 6 heteroatoms. The minimum absolute atomic E-state index is 0.00355. The van der Waals surface area contributed by atoms with Gasteiger partial charge >= 0.3 is 0 Å². The molecule has 1 aromatic heterocycles. The molecule has 2 N–H and O–H groups in total. The summed E-state index contributed by atoms with van der Waals surface area (Å²) in [5.74, 6) is -0.00355. The fraction of sp³-hybridized carbons (Fsp3) is 0.400. The monoisotopic (exact) mass is 287 g/mol. The first-order valence-corrected chi connectivity index (χ1v) is 6.97. The van der Waals surface area contributed by atoms with Crippen LogP contribution in [0.5, 0.6) is 0 Å². The van der Waals surface area contributed by atoms with Crippen molar-refractivity contribution in [2.24, 2.45) is 5.73 Å². The van der Waals surface area contributed by atoms with Gasteiger partial charge in [0.1, 0.15) is 0 Å². The maximum atomic E-state index is 12.2. The summed E-state index contributed by atoms with van der Waals surface area (Å²) < 4.78 is 1.75. The van der Waals surface area contributed by atoms with Crippen LogP contribution in [-0.4, -0.2) is 45.4 Å². The molecule has 0 fully saturated rings. The SMILES string of the molecule is Cc1c(CC(=O)N(C)C(C)CN)nnn1-c1ccccc1. The number of para-hydroxylation sites is 1. The highest BCUT2D eigenvalue weighted by Crippen LogP contribution is 2.13. The Labute approximate surface area is 124 Å². The molecule has 2 rings (SSSR count). The Kier molecular flexibility index (Phi) is 4.70. The summed E-state index contributed by atoms with van der Waals surface area (Å²) in [7, 11) is 1.76. The van der Waals surface area contributed by atoms with Gasteiger partial charge in [-0.05, 0) is 26.0 Å². The molecule has 1 unspecified atom stereocenters. The van der Waals surface area contributed by atoms with Crippen molar-refractivity contribution in [2.75, 3.05) is 13.6 Å². The summed E-state index contributed by atoms with van der Waals surface area (Å²) in [6, 6.07) is 9.76. The molecule has 21 heavy (non-hydrogen) atoms. The zero-order chi connectivity index (χ0) is 15.4. The Bertz CT molecular complexity index is 608. The number of benzene rings is 1. The standard InChI is InChI=1S/C15H21N5O/c1-11(10-16)19(3)15(21)9-14-12(2)20(18-17-14)13-7-5-4-6-8-13/h4-8,11H,9-10,16H2,1-3H3. The summed E-state index contributed by atoms with van der Waals surface area (Å²) in [6.07, 6.45) is 0.236. The van der Waals surface area contributed by atoms with Crippen LogP contribution < -0.4 is 5.73 Å². The first kappa shape index (κ1) is 15.2. The van der Waals surface area contributed by atoms with E-state index in [2.05, 4.69) is 10.3 Å². The average Bonchev–Trinajstić information content (AvgIpc) is 2.87. The number of carbonyl (C=O) groups excluding carboxylic acids is 1. The molecule has 0 spiro atoms. The minimum atomic E-state index is -0.00355. The van der Waals surface area contributed by atoms with Crippen molar-refractivity contribution in [1.82, 2.24) is 19.9 Å². The van der Waals surface area contributed by atoms with Crippen molar-refractivity contribution in [1.29, 1.82) is 0 Å². The molecule has 0 radical (unpaired) electrons. The van der Waals surface area contributed by atoms with E-state index in [1.807, 2.05) is 44.2 Å². The van der Waals surface area contributed by atoms with E-state index in [4.69, 9.17) is 5.73 Å². The third kappa shape index (κ3) is 3.28. The lowest BCUT2D eigenvalue weighted by molar-refractivity contribution is -0.130. The van der Waals surface area contributed by atoms with Crippen LogP contribution in [0.2, 0.25) is 0 Å². The van der Waals surface area contributed by atoms with Crippen molar-refractivity contribution >= 4 is 5.91 Å². The van der Waals surface area contributed by atoms with E-state index in [0.29, 0.717) is 12.2 Å². The predicted octanol–water partition coefficient (Wildman–Crippen LogP) is 0.924. The third-order valence-corrected chi connectivity index (χ3v) is 3.71. The summed E-state index contributed by atoms with van der Waals surface area (Å²) in [6.45, 7) is 4.28. The van der Waals surface area contributed by atoms with E-state index >= 15 is 0 Å². The van der Waals surface area contributed by atoms with Crippen LogP contribution in [0, 0.1) is 6.92 Å². The molecule has 1 atom stereocenters. The minimum Gasteiger partial charge on any atom is -0.341 e. The Morgan fingerprint density at radius 2 is 2.05 bits per heavy atom. The molecule has 1 heterocycles. The molecule has 0 aliphatic rings. The lowest BCUT2D eigenvalue weighted by Crippen LogP contribution is -2.40. The van der Waals surface area contributed by atoms with E-state index in [0.717, 1.165) is 11.4 Å².